The number of aromatic nitrogens is 2. The Kier molecular flexibility index (Phi) is 4.58. The van der Waals surface area contributed by atoms with E-state index >= 15 is 0 Å². The van der Waals surface area contributed by atoms with Crippen LogP contribution in [-0.4, -0.2) is 22.2 Å². The van der Waals surface area contributed by atoms with Crippen LogP contribution >= 0.6 is 11.6 Å². The van der Waals surface area contributed by atoms with Gasteiger partial charge in [0.05, 0.1) is 17.0 Å². The monoisotopic (exact) mass is 361 g/mol. The van der Waals surface area contributed by atoms with E-state index in [1.807, 2.05) is 0 Å². The van der Waals surface area contributed by atoms with Gasteiger partial charge in [0.15, 0.2) is 11.5 Å². The third-order valence-corrected chi connectivity index (χ3v) is 4.11. The fourth-order valence-electron chi connectivity index (χ4n) is 2.48. The Labute approximate surface area is 140 Å². The average molecular weight is 362 g/mol. The number of nitrogens with zero attached hydrogens (tertiary/aromatic N) is 2. The first-order valence-electron chi connectivity index (χ1n) is 7.53. The number of halogens is 4. The molecule has 5 nitrogen and oxygen atoms in total. The number of rotatable bonds is 6. The minimum atomic E-state index is -4.57. The van der Waals surface area contributed by atoms with Crippen molar-refractivity contribution in [2.75, 3.05) is 6.54 Å². The van der Waals surface area contributed by atoms with Crippen molar-refractivity contribution < 1.29 is 22.4 Å². The Morgan fingerprint density at radius 1 is 1.46 bits per heavy atom. The highest BCUT2D eigenvalue weighted by atomic mass is 35.5. The van der Waals surface area contributed by atoms with Crippen molar-refractivity contribution in [1.29, 1.82) is 0 Å². The molecule has 0 aliphatic heterocycles. The van der Waals surface area contributed by atoms with Crippen molar-refractivity contribution in [3.05, 3.63) is 40.6 Å². The molecule has 0 radical (unpaired) electrons. The third kappa shape index (κ3) is 3.58. The normalized spacial score (nSPS) is 14.8. The number of carbonyl (C=O) groups excluding carboxylic acids is 1. The number of furan rings is 1. The quantitative estimate of drug-likeness (QED) is 0.795. The SMILES string of the molecule is O=C(NCCCn1nc(C(F)(F)F)c(Cl)c1C1CC1)c1ccco1. The number of hydrogen-bond donors (Lipinski definition) is 1. The van der Waals surface area contributed by atoms with Gasteiger partial charge in [0.1, 0.15) is 0 Å². The summed E-state index contributed by atoms with van der Waals surface area (Å²) < 4.78 is 45.1. The molecule has 9 heteroatoms. The zero-order valence-electron chi connectivity index (χ0n) is 12.6. The topological polar surface area (TPSA) is 60.1 Å². The van der Waals surface area contributed by atoms with E-state index in [2.05, 4.69) is 10.4 Å². The maximum absolute atomic E-state index is 12.9. The second-order valence-electron chi connectivity index (χ2n) is 5.63. The van der Waals surface area contributed by atoms with Crippen LogP contribution in [0.1, 0.15) is 47.1 Å². The van der Waals surface area contributed by atoms with Crippen molar-refractivity contribution >= 4 is 17.5 Å². The van der Waals surface area contributed by atoms with E-state index in [1.54, 1.807) is 6.07 Å². The van der Waals surface area contributed by atoms with Gasteiger partial charge < -0.3 is 9.73 Å². The summed E-state index contributed by atoms with van der Waals surface area (Å²) in [7, 11) is 0. The summed E-state index contributed by atoms with van der Waals surface area (Å²) in [5.74, 6) is -0.133. The maximum Gasteiger partial charge on any atom is 0.436 e. The number of aryl methyl sites for hydroxylation is 1. The van der Waals surface area contributed by atoms with Gasteiger partial charge in [-0.05, 0) is 31.4 Å². The van der Waals surface area contributed by atoms with Crippen LogP contribution in [0.15, 0.2) is 22.8 Å². The fraction of sp³-hybridized carbons (Fsp3) is 0.467. The Morgan fingerprint density at radius 2 is 2.21 bits per heavy atom. The molecule has 2 heterocycles. The predicted molar refractivity (Wildman–Crippen MR) is 79.9 cm³/mol. The zero-order valence-corrected chi connectivity index (χ0v) is 13.3. The molecule has 130 valence electrons. The van der Waals surface area contributed by atoms with Gasteiger partial charge in [0.25, 0.3) is 5.91 Å². The lowest BCUT2D eigenvalue weighted by atomic mass is 10.2. The van der Waals surface area contributed by atoms with Crippen LogP contribution in [0.2, 0.25) is 5.02 Å². The highest BCUT2D eigenvalue weighted by Crippen LogP contribution is 2.46. The van der Waals surface area contributed by atoms with Gasteiger partial charge in [-0.3, -0.25) is 9.48 Å². The molecule has 1 N–H and O–H groups in total. The zero-order chi connectivity index (χ0) is 17.3. The molecule has 1 aliphatic carbocycles. The highest BCUT2D eigenvalue weighted by Gasteiger charge is 2.41. The van der Waals surface area contributed by atoms with Crippen molar-refractivity contribution in [3.63, 3.8) is 0 Å². The van der Waals surface area contributed by atoms with Crippen LogP contribution < -0.4 is 5.32 Å². The highest BCUT2D eigenvalue weighted by molar-refractivity contribution is 6.32. The second kappa shape index (κ2) is 6.51. The van der Waals surface area contributed by atoms with Crippen LogP contribution in [0.3, 0.4) is 0 Å². The summed E-state index contributed by atoms with van der Waals surface area (Å²) >= 11 is 5.89. The Balaban J connectivity index is 1.61. The molecule has 0 atom stereocenters. The number of carbonyl (C=O) groups is 1. The van der Waals surface area contributed by atoms with E-state index in [4.69, 9.17) is 16.0 Å². The van der Waals surface area contributed by atoms with Crippen LogP contribution in [0.4, 0.5) is 13.2 Å². The fourth-order valence-corrected chi connectivity index (χ4v) is 2.87. The van der Waals surface area contributed by atoms with Crippen LogP contribution in [0.5, 0.6) is 0 Å². The summed E-state index contributed by atoms with van der Waals surface area (Å²) in [4.78, 5) is 11.7. The van der Waals surface area contributed by atoms with E-state index in [1.165, 1.54) is 17.0 Å². The predicted octanol–water partition coefficient (Wildman–Crippen LogP) is 3.85. The smallest absolute Gasteiger partial charge is 0.436 e. The molecule has 0 spiro atoms. The van der Waals surface area contributed by atoms with E-state index < -0.39 is 11.9 Å². The molecule has 0 unspecified atom stereocenters. The summed E-state index contributed by atoms with van der Waals surface area (Å²) in [6.45, 7) is 0.544. The lowest BCUT2D eigenvalue weighted by molar-refractivity contribution is -0.141. The molecule has 24 heavy (non-hydrogen) atoms. The first-order valence-corrected chi connectivity index (χ1v) is 7.91. The first-order chi connectivity index (χ1) is 11.4. The summed E-state index contributed by atoms with van der Waals surface area (Å²) in [5, 5.41) is 5.98. The van der Waals surface area contributed by atoms with Crippen LogP contribution in [-0.2, 0) is 12.7 Å². The Morgan fingerprint density at radius 3 is 2.79 bits per heavy atom. The van der Waals surface area contributed by atoms with Gasteiger partial charge in [0.2, 0.25) is 0 Å². The number of amides is 1. The molecule has 0 aromatic carbocycles. The molecule has 1 amide bonds. The van der Waals surface area contributed by atoms with Gasteiger partial charge in [-0.2, -0.15) is 18.3 Å². The standard InChI is InChI=1S/C15H15ClF3N3O2/c16-11-12(9-4-5-9)22(21-13(11)15(17,18)19)7-2-6-20-14(23)10-3-1-8-24-10/h1,3,8-9H,2,4-7H2,(H,20,23). The van der Waals surface area contributed by atoms with Crippen LogP contribution in [0, 0.1) is 0 Å². The maximum atomic E-state index is 12.9. The minimum absolute atomic E-state index is 0.0406. The van der Waals surface area contributed by atoms with Gasteiger partial charge in [0, 0.05) is 19.0 Å². The van der Waals surface area contributed by atoms with Crippen molar-refractivity contribution in [3.8, 4) is 0 Å². The summed E-state index contributed by atoms with van der Waals surface area (Å²) in [6.07, 6.45) is -1.11. The first kappa shape index (κ1) is 16.9. The molecule has 2 aromatic heterocycles. The minimum Gasteiger partial charge on any atom is -0.459 e. The number of alkyl halides is 3. The number of nitrogens with one attached hydrogen (secondary N) is 1. The molecule has 2 aromatic rings. The Hall–Kier alpha value is -1.96. The molecular weight excluding hydrogens is 347 g/mol. The van der Waals surface area contributed by atoms with Crippen LogP contribution in [0.25, 0.3) is 0 Å². The van der Waals surface area contributed by atoms with E-state index in [9.17, 15) is 18.0 Å². The molecular formula is C15H15ClF3N3O2. The largest absolute Gasteiger partial charge is 0.459 e. The second-order valence-corrected chi connectivity index (χ2v) is 6.01. The van der Waals surface area contributed by atoms with Gasteiger partial charge in [-0.15, -0.1) is 0 Å². The molecule has 1 fully saturated rings. The van der Waals surface area contributed by atoms with Crippen molar-refractivity contribution in [1.82, 2.24) is 15.1 Å². The van der Waals surface area contributed by atoms with Gasteiger partial charge in [-0.25, -0.2) is 0 Å². The molecule has 1 aliphatic rings. The van der Waals surface area contributed by atoms with Crippen molar-refractivity contribution in [2.45, 2.75) is 37.9 Å². The molecule has 1 saturated carbocycles. The van der Waals surface area contributed by atoms with E-state index in [0.717, 1.165) is 12.8 Å². The molecule has 3 rings (SSSR count). The summed E-state index contributed by atoms with van der Waals surface area (Å²) in [6, 6.07) is 3.13. The lowest BCUT2D eigenvalue weighted by Gasteiger charge is -2.07. The average Bonchev–Trinajstić information content (AvgIpc) is 3.07. The molecule has 0 saturated heterocycles. The Bertz CT molecular complexity index is 721. The number of hydrogen-bond acceptors (Lipinski definition) is 3. The lowest BCUT2D eigenvalue weighted by Crippen LogP contribution is -2.25. The van der Waals surface area contributed by atoms with Crippen molar-refractivity contribution in [2.24, 2.45) is 0 Å². The van der Waals surface area contributed by atoms with E-state index in [0.29, 0.717) is 18.7 Å². The van der Waals surface area contributed by atoms with E-state index in [-0.39, 0.29) is 29.2 Å². The van der Waals surface area contributed by atoms with Gasteiger partial charge in [-0.1, -0.05) is 11.6 Å². The third-order valence-electron chi connectivity index (χ3n) is 3.74. The molecule has 0 bridgehead atoms. The van der Waals surface area contributed by atoms with Gasteiger partial charge >= 0.3 is 6.18 Å². The summed E-state index contributed by atoms with van der Waals surface area (Å²) in [5.41, 5.74) is -0.591.